The molecule has 3 aromatic rings. The number of halogens is 6. The number of rotatable bonds is 4. The van der Waals surface area contributed by atoms with Gasteiger partial charge >= 0.3 is 17.8 Å². The Kier molecular flexibility index (Phi) is 6.38. The van der Waals surface area contributed by atoms with E-state index in [1.165, 1.54) is 13.8 Å². The molecule has 2 heterocycles. The number of allylic oxidation sites excluding steroid dienone is 2. The summed E-state index contributed by atoms with van der Waals surface area (Å²) in [6.45, 7) is 2.71. The lowest BCUT2D eigenvalue weighted by Crippen LogP contribution is -2.48. The summed E-state index contributed by atoms with van der Waals surface area (Å²) in [5.74, 6) is -10.3. The summed E-state index contributed by atoms with van der Waals surface area (Å²) in [6, 6.07) is 9.30. The Hall–Kier alpha value is -3.03. The Morgan fingerprint density at radius 2 is 1.33 bits per heavy atom. The number of aryl methyl sites for hydroxylation is 2. The Balaban J connectivity index is 1.88. The van der Waals surface area contributed by atoms with Gasteiger partial charge in [0.25, 0.3) is 0 Å². The number of anilines is 1. The van der Waals surface area contributed by atoms with Gasteiger partial charge < -0.3 is 4.90 Å². The molecule has 0 saturated heterocycles. The van der Waals surface area contributed by atoms with E-state index in [9.17, 15) is 22.4 Å². The number of aldehydes is 1. The molecule has 0 fully saturated rings. The van der Waals surface area contributed by atoms with Crippen molar-refractivity contribution in [2.45, 2.75) is 31.6 Å². The second kappa shape index (κ2) is 8.82. The third-order valence-corrected chi connectivity index (χ3v) is 7.83. The number of hydrogen-bond donors (Lipinski definition) is 0. The molecule has 1 aromatic carbocycles. The largest absolute Gasteiger partial charge is 0.380 e. The van der Waals surface area contributed by atoms with Gasteiger partial charge in [0, 0.05) is 46.2 Å². The highest BCUT2D eigenvalue weighted by Crippen LogP contribution is 2.65. The van der Waals surface area contributed by atoms with Crippen LogP contribution in [0.4, 0.5) is 32.0 Å². The van der Waals surface area contributed by atoms with Crippen LogP contribution >= 0.6 is 22.7 Å². The summed E-state index contributed by atoms with van der Waals surface area (Å²) in [4.78, 5) is 13.5. The van der Waals surface area contributed by atoms with Crippen LogP contribution in [0.5, 0.6) is 0 Å². The molecule has 1 aliphatic carbocycles. The summed E-state index contributed by atoms with van der Waals surface area (Å²) in [5.41, 5.74) is -2.22. The van der Waals surface area contributed by atoms with Gasteiger partial charge in [-0.25, -0.2) is 0 Å². The van der Waals surface area contributed by atoms with Crippen molar-refractivity contribution in [2.24, 2.45) is 0 Å². The van der Waals surface area contributed by atoms with E-state index >= 15 is 8.78 Å². The van der Waals surface area contributed by atoms with Crippen LogP contribution in [0.25, 0.3) is 11.1 Å². The number of benzene rings is 1. The highest BCUT2D eigenvalue weighted by Gasteiger charge is 2.80. The third kappa shape index (κ3) is 3.95. The normalized spacial score (nSPS) is 17.6. The van der Waals surface area contributed by atoms with Crippen molar-refractivity contribution in [1.82, 2.24) is 0 Å². The fourth-order valence-corrected chi connectivity index (χ4v) is 5.74. The first-order chi connectivity index (χ1) is 16.7. The van der Waals surface area contributed by atoms with Crippen LogP contribution in [-0.4, -0.2) is 38.1 Å². The van der Waals surface area contributed by atoms with Crippen LogP contribution in [0.1, 0.15) is 41.0 Å². The van der Waals surface area contributed by atoms with E-state index in [0.717, 1.165) is 40.5 Å². The van der Waals surface area contributed by atoms with E-state index in [2.05, 4.69) is 11.8 Å². The van der Waals surface area contributed by atoms with Crippen LogP contribution in [0, 0.1) is 25.7 Å². The molecule has 0 radical (unpaired) electrons. The van der Waals surface area contributed by atoms with Crippen LogP contribution < -0.4 is 4.90 Å². The van der Waals surface area contributed by atoms with Gasteiger partial charge in [0.05, 0.1) is 9.75 Å². The van der Waals surface area contributed by atoms with Crippen LogP contribution in [0.15, 0.2) is 36.4 Å². The van der Waals surface area contributed by atoms with Gasteiger partial charge in [-0.2, -0.15) is 26.3 Å². The number of nitrogens with zero attached hydrogens (tertiary/aromatic N) is 1. The molecule has 0 amide bonds. The van der Waals surface area contributed by atoms with E-state index in [1.807, 2.05) is 31.1 Å². The summed E-state index contributed by atoms with van der Waals surface area (Å²) in [7, 11) is 3.76. The molecule has 4 rings (SSSR count). The SMILES string of the molecule is Cc1sc(C#Cc2ccc(N(C)C)cc2)cc1C1=C(c2cc(C=O)sc2C)C(F)(F)C(F)(F)C1(F)F. The molecule has 2 nitrogen and oxygen atoms in total. The number of carbonyl (C=O) groups excluding carboxylic acids is 1. The van der Waals surface area contributed by atoms with Crippen molar-refractivity contribution in [3.05, 3.63) is 72.6 Å². The first kappa shape index (κ1) is 26.0. The maximum Gasteiger partial charge on any atom is 0.380 e. The van der Waals surface area contributed by atoms with E-state index in [4.69, 9.17) is 0 Å². The number of thiophene rings is 2. The lowest BCUT2D eigenvalue weighted by molar-refractivity contribution is -0.254. The van der Waals surface area contributed by atoms with Gasteiger partial charge in [-0.15, -0.1) is 22.7 Å². The molecular weight excluding hydrogens is 520 g/mol. The van der Waals surface area contributed by atoms with Gasteiger partial charge in [-0.1, -0.05) is 11.8 Å². The molecule has 0 saturated carbocycles. The molecule has 188 valence electrons. The highest BCUT2D eigenvalue weighted by molar-refractivity contribution is 7.14. The Bertz CT molecular complexity index is 1440. The van der Waals surface area contributed by atoms with Crippen molar-refractivity contribution in [3.8, 4) is 11.8 Å². The summed E-state index contributed by atoms with van der Waals surface area (Å²) in [6.07, 6.45) is 0.361. The Morgan fingerprint density at radius 3 is 1.83 bits per heavy atom. The fourth-order valence-electron chi connectivity index (χ4n) is 4.01. The second-order valence-corrected chi connectivity index (χ2v) is 11.0. The molecule has 1 aliphatic rings. The van der Waals surface area contributed by atoms with Gasteiger partial charge in [0.1, 0.15) is 0 Å². The van der Waals surface area contributed by atoms with Crippen molar-refractivity contribution in [1.29, 1.82) is 0 Å². The zero-order chi connectivity index (χ0) is 26.6. The number of hydrogen-bond acceptors (Lipinski definition) is 4. The monoisotopic (exact) mass is 539 g/mol. The fraction of sp³-hybridized carbons (Fsp3) is 0.269. The summed E-state index contributed by atoms with van der Waals surface area (Å²) in [5, 5.41) is 0. The topological polar surface area (TPSA) is 20.3 Å². The second-order valence-electron chi connectivity index (χ2n) is 8.48. The lowest BCUT2D eigenvalue weighted by Gasteiger charge is -2.25. The van der Waals surface area contributed by atoms with E-state index in [-0.39, 0.29) is 19.5 Å². The minimum absolute atomic E-state index is 0.0300. The summed E-state index contributed by atoms with van der Waals surface area (Å²) < 4.78 is 89.3. The number of carbonyl (C=O) groups is 1. The molecule has 0 spiro atoms. The molecule has 36 heavy (non-hydrogen) atoms. The van der Waals surface area contributed by atoms with Gasteiger partial charge in [0.2, 0.25) is 0 Å². The van der Waals surface area contributed by atoms with Crippen LogP contribution in [-0.2, 0) is 0 Å². The maximum atomic E-state index is 15.1. The molecule has 2 aromatic heterocycles. The smallest absolute Gasteiger partial charge is 0.378 e. The standard InChI is InChI=1S/C26H19F6NOS2/c1-14-20(11-18(35-14)10-7-16-5-8-17(9-6-16)33(3)4)22-23(21-12-19(13-34)36-15(21)2)25(29,30)26(31,32)24(22,27)28/h5-6,8-9,11-13H,1-4H3. The lowest BCUT2D eigenvalue weighted by atomic mass is 9.95. The average molecular weight is 540 g/mol. The van der Waals surface area contributed by atoms with Crippen molar-refractivity contribution in [2.75, 3.05) is 19.0 Å². The van der Waals surface area contributed by atoms with Crippen molar-refractivity contribution in [3.63, 3.8) is 0 Å². The first-order valence-corrected chi connectivity index (χ1v) is 12.2. The Morgan fingerprint density at radius 1 is 0.806 bits per heavy atom. The predicted molar refractivity (Wildman–Crippen MR) is 132 cm³/mol. The van der Waals surface area contributed by atoms with Gasteiger partial charge in [-0.3, -0.25) is 4.79 Å². The highest BCUT2D eigenvalue weighted by atomic mass is 32.1. The minimum atomic E-state index is -5.66. The predicted octanol–water partition coefficient (Wildman–Crippen LogP) is 7.54. The van der Waals surface area contributed by atoms with E-state index in [1.54, 1.807) is 12.1 Å². The van der Waals surface area contributed by atoms with Crippen molar-refractivity contribution < 1.29 is 31.1 Å². The van der Waals surface area contributed by atoms with Crippen LogP contribution in [0.2, 0.25) is 0 Å². The maximum absolute atomic E-state index is 15.1. The average Bonchev–Trinajstić information content (AvgIpc) is 3.39. The molecule has 0 bridgehead atoms. The van der Waals surface area contributed by atoms with Crippen LogP contribution in [0.3, 0.4) is 0 Å². The molecule has 0 unspecified atom stereocenters. The number of alkyl halides is 6. The van der Waals surface area contributed by atoms with Gasteiger partial charge in [-0.05, 0) is 61.4 Å². The third-order valence-electron chi connectivity index (χ3n) is 5.89. The minimum Gasteiger partial charge on any atom is -0.378 e. The zero-order valence-corrected chi connectivity index (χ0v) is 21.1. The first-order valence-electron chi connectivity index (χ1n) is 10.6. The molecule has 0 N–H and O–H groups in total. The van der Waals surface area contributed by atoms with E-state index < -0.39 is 40.0 Å². The quantitative estimate of drug-likeness (QED) is 0.194. The van der Waals surface area contributed by atoms with Gasteiger partial charge in [0.15, 0.2) is 6.29 Å². The molecule has 0 aliphatic heterocycles. The van der Waals surface area contributed by atoms with E-state index in [0.29, 0.717) is 11.8 Å². The molecule has 10 heteroatoms. The van der Waals surface area contributed by atoms with Crippen molar-refractivity contribution >= 4 is 45.8 Å². The molecular formula is C26H19F6NOS2. The molecule has 0 atom stereocenters. The Labute approximate surface area is 211 Å². The zero-order valence-electron chi connectivity index (χ0n) is 19.5. The summed E-state index contributed by atoms with van der Waals surface area (Å²) >= 11 is 1.72.